The summed E-state index contributed by atoms with van der Waals surface area (Å²) >= 11 is 0. The van der Waals surface area contributed by atoms with E-state index in [0.717, 1.165) is 30.0 Å². The first kappa shape index (κ1) is 13.5. The Morgan fingerprint density at radius 3 is 2.81 bits per heavy atom. The zero-order chi connectivity index (χ0) is 14.7. The Labute approximate surface area is 124 Å². The van der Waals surface area contributed by atoms with Gasteiger partial charge >= 0.3 is 6.03 Å². The first-order valence-corrected chi connectivity index (χ1v) is 7.05. The van der Waals surface area contributed by atoms with Crippen molar-refractivity contribution in [3.05, 3.63) is 59.7 Å². The molecule has 2 aromatic carbocycles. The van der Waals surface area contributed by atoms with Crippen molar-refractivity contribution in [2.75, 3.05) is 18.6 Å². The summed E-state index contributed by atoms with van der Waals surface area (Å²) < 4.78 is 5.29. The van der Waals surface area contributed by atoms with E-state index in [0.29, 0.717) is 6.54 Å². The number of rotatable bonds is 3. The van der Waals surface area contributed by atoms with Crippen LogP contribution in [0.1, 0.15) is 11.1 Å². The molecule has 4 nitrogen and oxygen atoms in total. The van der Waals surface area contributed by atoms with Crippen LogP contribution in [0.4, 0.5) is 10.5 Å². The van der Waals surface area contributed by atoms with Crippen molar-refractivity contribution in [2.45, 2.75) is 13.0 Å². The van der Waals surface area contributed by atoms with Crippen molar-refractivity contribution in [2.24, 2.45) is 0 Å². The molecule has 1 aliphatic rings. The van der Waals surface area contributed by atoms with E-state index < -0.39 is 0 Å². The van der Waals surface area contributed by atoms with Crippen molar-refractivity contribution < 1.29 is 9.53 Å². The molecule has 0 saturated heterocycles. The smallest absolute Gasteiger partial charge is 0.322 e. The fourth-order valence-electron chi connectivity index (χ4n) is 2.66. The van der Waals surface area contributed by atoms with Crippen molar-refractivity contribution in [1.82, 2.24) is 5.32 Å². The van der Waals surface area contributed by atoms with Gasteiger partial charge < -0.3 is 10.1 Å². The third-order valence-corrected chi connectivity index (χ3v) is 3.75. The van der Waals surface area contributed by atoms with Crippen LogP contribution in [0, 0.1) is 0 Å². The van der Waals surface area contributed by atoms with E-state index in [-0.39, 0.29) is 6.03 Å². The minimum absolute atomic E-state index is 0.0640. The highest BCUT2D eigenvalue weighted by atomic mass is 16.5. The minimum atomic E-state index is -0.0640. The number of carbonyl (C=O) groups is 1. The number of hydrogen-bond donors (Lipinski definition) is 1. The predicted octanol–water partition coefficient (Wildman–Crippen LogP) is 2.97. The normalized spacial score (nSPS) is 12.9. The number of anilines is 1. The summed E-state index contributed by atoms with van der Waals surface area (Å²) in [5.74, 6) is 0.791. The van der Waals surface area contributed by atoms with Crippen LogP contribution in [0.25, 0.3) is 0 Å². The summed E-state index contributed by atoms with van der Waals surface area (Å²) in [5.41, 5.74) is 3.21. The van der Waals surface area contributed by atoms with Gasteiger partial charge in [0.25, 0.3) is 0 Å². The largest absolute Gasteiger partial charge is 0.496 e. The highest BCUT2D eigenvalue weighted by molar-refractivity contribution is 5.94. The molecule has 1 aliphatic heterocycles. The zero-order valence-electron chi connectivity index (χ0n) is 12.0. The van der Waals surface area contributed by atoms with E-state index in [1.807, 2.05) is 42.5 Å². The van der Waals surface area contributed by atoms with Gasteiger partial charge in [0.05, 0.1) is 7.11 Å². The molecule has 1 heterocycles. The topological polar surface area (TPSA) is 41.6 Å². The van der Waals surface area contributed by atoms with Crippen LogP contribution >= 0.6 is 0 Å². The Hall–Kier alpha value is -2.49. The summed E-state index contributed by atoms with van der Waals surface area (Å²) in [6.45, 7) is 1.19. The van der Waals surface area contributed by atoms with Crippen LogP contribution in [0.15, 0.2) is 48.5 Å². The molecular weight excluding hydrogens is 264 g/mol. The number of benzene rings is 2. The second kappa shape index (κ2) is 5.87. The highest BCUT2D eigenvalue weighted by Gasteiger charge is 2.23. The van der Waals surface area contributed by atoms with Crippen molar-refractivity contribution >= 4 is 11.7 Å². The zero-order valence-corrected chi connectivity index (χ0v) is 12.0. The van der Waals surface area contributed by atoms with Crippen molar-refractivity contribution in [3.63, 3.8) is 0 Å². The number of hydrogen-bond acceptors (Lipinski definition) is 2. The molecule has 0 radical (unpaired) electrons. The summed E-state index contributed by atoms with van der Waals surface area (Å²) in [6, 6.07) is 15.7. The number of urea groups is 1. The van der Waals surface area contributed by atoms with E-state index in [2.05, 4.69) is 11.4 Å². The number of para-hydroxylation sites is 2. The van der Waals surface area contributed by atoms with Gasteiger partial charge in [-0.1, -0.05) is 36.4 Å². The number of amides is 2. The first-order valence-electron chi connectivity index (χ1n) is 7.05. The molecule has 108 valence electrons. The number of nitrogens with zero attached hydrogens (tertiary/aromatic N) is 1. The summed E-state index contributed by atoms with van der Waals surface area (Å²) in [4.78, 5) is 14.2. The maximum absolute atomic E-state index is 12.4. The number of methoxy groups -OCH3 is 1. The van der Waals surface area contributed by atoms with Gasteiger partial charge in [-0.15, -0.1) is 0 Å². The quantitative estimate of drug-likeness (QED) is 0.940. The molecule has 0 fully saturated rings. The molecule has 21 heavy (non-hydrogen) atoms. The lowest BCUT2D eigenvalue weighted by atomic mass is 10.2. The van der Waals surface area contributed by atoms with E-state index in [1.54, 1.807) is 12.0 Å². The van der Waals surface area contributed by atoms with Crippen LogP contribution in [0.3, 0.4) is 0 Å². The van der Waals surface area contributed by atoms with Gasteiger partial charge in [-0.2, -0.15) is 0 Å². The third-order valence-electron chi connectivity index (χ3n) is 3.75. The third kappa shape index (κ3) is 2.70. The molecule has 0 saturated carbocycles. The predicted molar refractivity (Wildman–Crippen MR) is 82.7 cm³/mol. The molecule has 2 amide bonds. The van der Waals surface area contributed by atoms with E-state index in [4.69, 9.17) is 4.74 Å². The lowest BCUT2D eigenvalue weighted by Crippen LogP contribution is -2.38. The van der Waals surface area contributed by atoms with Crippen molar-refractivity contribution in [3.8, 4) is 5.75 Å². The Morgan fingerprint density at radius 1 is 1.19 bits per heavy atom. The Bertz CT molecular complexity index is 655. The van der Waals surface area contributed by atoms with Crippen LogP contribution in [0.2, 0.25) is 0 Å². The Morgan fingerprint density at radius 2 is 1.95 bits per heavy atom. The van der Waals surface area contributed by atoms with Crippen molar-refractivity contribution in [1.29, 1.82) is 0 Å². The van der Waals surface area contributed by atoms with E-state index >= 15 is 0 Å². The van der Waals surface area contributed by atoms with Crippen LogP contribution in [0.5, 0.6) is 5.75 Å². The molecule has 3 rings (SSSR count). The molecule has 0 aromatic heterocycles. The Balaban J connectivity index is 1.68. The first-order chi connectivity index (χ1) is 10.3. The molecule has 0 spiro atoms. The van der Waals surface area contributed by atoms with Gasteiger partial charge in [-0.25, -0.2) is 4.79 Å². The second-order valence-electron chi connectivity index (χ2n) is 5.00. The average molecular weight is 282 g/mol. The van der Waals surface area contributed by atoms with Gasteiger partial charge in [-0.3, -0.25) is 4.90 Å². The standard InChI is InChI=1S/C17H18N2O2/c1-21-16-9-5-3-7-14(16)12-18-17(20)19-11-10-13-6-2-4-8-15(13)19/h2-9H,10-12H2,1H3,(H,18,20). The van der Waals surface area contributed by atoms with Gasteiger partial charge in [0.2, 0.25) is 0 Å². The monoisotopic (exact) mass is 282 g/mol. The van der Waals surface area contributed by atoms with Crippen LogP contribution in [-0.2, 0) is 13.0 Å². The number of fused-ring (bicyclic) bond motifs is 1. The Kier molecular flexibility index (Phi) is 3.77. The van der Waals surface area contributed by atoms with Gasteiger partial charge in [0.15, 0.2) is 0 Å². The fourth-order valence-corrected chi connectivity index (χ4v) is 2.66. The minimum Gasteiger partial charge on any atom is -0.496 e. The number of nitrogens with one attached hydrogen (secondary N) is 1. The fraction of sp³-hybridized carbons (Fsp3) is 0.235. The lowest BCUT2D eigenvalue weighted by molar-refractivity contribution is 0.246. The highest BCUT2D eigenvalue weighted by Crippen LogP contribution is 2.27. The van der Waals surface area contributed by atoms with Crippen LogP contribution < -0.4 is 15.0 Å². The number of carbonyl (C=O) groups excluding carboxylic acids is 1. The summed E-state index contributed by atoms with van der Waals surface area (Å²) in [6.07, 6.45) is 0.915. The van der Waals surface area contributed by atoms with E-state index in [1.165, 1.54) is 5.56 Å². The molecule has 0 bridgehead atoms. The van der Waals surface area contributed by atoms with Gasteiger partial charge in [0, 0.05) is 24.3 Å². The molecule has 0 aliphatic carbocycles. The van der Waals surface area contributed by atoms with Gasteiger partial charge in [0.1, 0.15) is 5.75 Å². The maximum atomic E-state index is 12.4. The SMILES string of the molecule is COc1ccccc1CNC(=O)N1CCc2ccccc21. The summed E-state index contributed by atoms with van der Waals surface area (Å²) in [5, 5.41) is 2.96. The number of ether oxygens (including phenoxy) is 1. The molecule has 0 atom stereocenters. The molecule has 1 N–H and O–H groups in total. The molecule has 4 heteroatoms. The molecule has 2 aromatic rings. The van der Waals surface area contributed by atoms with Crippen LogP contribution in [-0.4, -0.2) is 19.7 Å². The maximum Gasteiger partial charge on any atom is 0.322 e. The van der Waals surface area contributed by atoms with Gasteiger partial charge in [-0.05, 0) is 24.1 Å². The van der Waals surface area contributed by atoms with E-state index in [9.17, 15) is 4.79 Å². The molecule has 0 unspecified atom stereocenters. The second-order valence-corrected chi connectivity index (χ2v) is 5.00. The lowest BCUT2D eigenvalue weighted by Gasteiger charge is -2.18. The molecular formula is C17H18N2O2. The summed E-state index contributed by atoms with van der Waals surface area (Å²) in [7, 11) is 1.64. The average Bonchev–Trinajstić information content (AvgIpc) is 2.97.